The predicted octanol–water partition coefficient (Wildman–Crippen LogP) is 3.23. The maximum absolute atomic E-state index is 3.79. The first kappa shape index (κ1) is 20.6. The van der Waals surface area contributed by atoms with E-state index >= 15 is 0 Å². The average Bonchev–Trinajstić information content (AvgIpc) is 2.71. The van der Waals surface area contributed by atoms with Gasteiger partial charge in [0.1, 0.15) is 0 Å². The zero-order chi connectivity index (χ0) is 17.9. The van der Waals surface area contributed by atoms with Gasteiger partial charge in [0.2, 0.25) is 0 Å². The third-order valence-electron chi connectivity index (χ3n) is 6.84. The van der Waals surface area contributed by atoms with Crippen molar-refractivity contribution in [2.24, 2.45) is 0 Å². The second-order valence-corrected chi connectivity index (χ2v) is 8.97. The van der Waals surface area contributed by atoms with Crippen molar-refractivity contribution in [2.75, 3.05) is 52.4 Å². The van der Waals surface area contributed by atoms with E-state index in [1.807, 2.05) is 0 Å². The molecule has 2 aliphatic carbocycles. The molecular weight excluding hydrogens is 320 g/mol. The van der Waals surface area contributed by atoms with Crippen molar-refractivity contribution >= 4 is 0 Å². The SMILES string of the molecule is C1CCC(NCCCN2CCN(CCCNC3CCCCC3)CC2)CC1. The number of hydrogen-bond donors (Lipinski definition) is 2. The molecule has 3 aliphatic rings. The first-order chi connectivity index (χ1) is 12.9. The summed E-state index contributed by atoms with van der Waals surface area (Å²) in [4.78, 5) is 5.36. The molecule has 0 aromatic heterocycles. The highest BCUT2D eigenvalue weighted by Crippen LogP contribution is 2.18. The molecule has 2 N–H and O–H groups in total. The Morgan fingerprint density at radius 1 is 0.538 bits per heavy atom. The Hall–Kier alpha value is -0.160. The van der Waals surface area contributed by atoms with Gasteiger partial charge in [-0.25, -0.2) is 0 Å². The van der Waals surface area contributed by atoms with Gasteiger partial charge in [0, 0.05) is 38.3 Å². The van der Waals surface area contributed by atoms with Gasteiger partial charge in [-0.3, -0.25) is 0 Å². The summed E-state index contributed by atoms with van der Waals surface area (Å²) in [6, 6.07) is 1.64. The molecule has 1 saturated heterocycles. The Labute approximate surface area is 162 Å². The van der Waals surface area contributed by atoms with Crippen LogP contribution in [0.15, 0.2) is 0 Å². The van der Waals surface area contributed by atoms with E-state index in [9.17, 15) is 0 Å². The van der Waals surface area contributed by atoms with Crippen molar-refractivity contribution in [1.82, 2.24) is 20.4 Å². The number of piperazine rings is 1. The molecule has 3 fully saturated rings. The van der Waals surface area contributed by atoms with E-state index in [0.29, 0.717) is 0 Å². The van der Waals surface area contributed by atoms with Crippen LogP contribution in [0.1, 0.15) is 77.0 Å². The molecule has 0 unspecified atom stereocenters. The zero-order valence-corrected chi connectivity index (χ0v) is 17.2. The topological polar surface area (TPSA) is 30.5 Å². The summed E-state index contributed by atoms with van der Waals surface area (Å²) in [6.45, 7) is 10.1. The van der Waals surface area contributed by atoms with Gasteiger partial charge in [-0.2, -0.15) is 0 Å². The molecule has 0 bridgehead atoms. The number of nitrogens with zero attached hydrogens (tertiary/aromatic N) is 2. The summed E-state index contributed by atoms with van der Waals surface area (Å²) >= 11 is 0. The summed E-state index contributed by atoms with van der Waals surface area (Å²) in [7, 11) is 0. The minimum atomic E-state index is 0.822. The summed E-state index contributed by atoms with van der Waals surface area (Å²) in [6.07, 6.45) is 17.0. The van der Waals surface area contributed by atoms with E-state index in [4.69, 9.17) is 0 Å². The van der Waals surface area contributed by atoms with E-state index in [1.165, 1.54) is 129 Å². The van der Waals surface area contributed by atoms with Crippen LogP contribution in [-0.2, 0) is 0 Å². The Bertz CT molecular complexity index is 308. The first-order valence-electron chi connectivity index (χ1n) is 11.8. The monoisotopic (exact) mass is 364 g/mol. The molecule has 0 radical (unpaired) electrons. The standard InChI is InChI=1S/C22H44N4/c1-3-9-21(10-4-1)23-13-7-15-25-17-19-26(20-18-25)16-8-14-24-22-11-5-2-6-12-22/h21-24H,1-20H2. The van der Waals surface area contributed by atoms with Crippen LogP contribution in [0.5, 0.6) is 0 Å². The van der Waals surface area contributed by atoms with Crippen LogP contribution < -0.4 is 10.6 Å². The number of nitrogens with one attached hydrogen (secondary N) is 2. The van der Waals surface area contributed by atoms with E-state index in [1.54, 1.807) is 0 Å². The van der Waals surface area contributed by atoms with Crippen molar-refractivity contribution in [2.45, 2.75) is 89.1 Å². The van der Waals surface area contributed by atoms with Gasteiger partial charge in [-0.1, -0.05) is 38.5 Å². The van der Waals surface area contributed by atoms with Gasteiger partial charge in [-0.15, -0.1) is 0 Å². The Morgan fingerprint density at radius 2 is 0.923 bits per heavy atom. The van der Waals surface area contributed by atoms with Crippen molar-refractivity contribution in [1.29, 1.82) is 0 Å². The van der Waals surface area contributed by atoms with E-state index < -0.39 is 0 Å². The highest BCUT2D eigenvalue weighted by atomic mass is 15.3. The molecule has 1 aliphatic heterocycles. The van der Waals surface area contributed by atoms with Gasteiger partial charge >= 0.3 is 0 Å². The van der Waals surface area contributed by atoms with E-state index in [0.717, 1.165) is 12.1 Å². The third-order valence-corrected chi connectivity index (χ3v) is 6.84. The number of hydrogen-bond acceptors (Lipinski definition) is 4. The second kappa shape index (κ2) is 12.3. The summed E-state index contributed by atoms with van der Waals surface area (Å²) in [5, 5.41) is 7.57. The number of rotatable bonds is 10. The van der Waals surface area contributed by atoms with Crippen molar-refractivity contribution in [3.8, 4) is 0 Å². The lowest BCUT2D eigenvalue weighted by atomic mass is 9.95. The van der Waals surface area contributed by atoms with Crippen LogP contribution in [0.3, 0.4) is 0 Å². The van der Waals surface area contributed by atoms with Crippen LogP contribution in [0.25, 0.3) is 0 Å². The molecule has 0 atom stereocenters. The fourth-order valence-corrected chi connectivity index (χ4v) is 5.07. The van der Waals surface area contributed by atoms with E-state index in [-0.39, 0.29) is 0 Å². The van der Waals surface area contributed by atoms with Crippen LogP contribution in [0.4, 0.5) is 0 Å². The van der Waals surface area contributed by atoms with E-state index in [2.05, 4.69) is 20.4 Å². The third kappa shape index (κ3) is 7.84. The smallest absolute Gasteiger partial charge is 0.0110 e. The Morgan fingerprint density at radius 3 is 1.31 bits per heavy atom. The van der Waals surface area contributed by atoms with Gasteiger partial charge in [0.05, 0.1) is 0 Å². The van der Waals surface area contributed by atoms with Crippen LogP contribution in [0, 0.1) is 0 Å². The van der Waals surface area contributed by atoms with Crippen molar-refractivity contribution < 1.29 is 0 Å². The molecule has 1 heterocycles. The highest BCUT2D eigenvalue weighted by Gasteiger charge is 2.17. The molecule has 3 rings (SSSR count). The minimum absolute atomic E-state index is 0.822. The summed E-state index contributed by atoms with van der Waals surface area (Å²) in [5.41, 5.74) is 0. The highest BCUT2D eigenvalue weighted by molar-refractivity contribution is 4.75. The van der Waals surface area contributed by atoms with Crippen molar-refractivity contribution in [3.63, 3.8) is 0 Å². The average molecular weight is 365 g/mol. The van der Waals surface area contributed by atoms with Gasteiger partial charge < -0.3 is 20.4 Å². The molecule has 0 spiro atoms. The zero-order valence-electron chi connectivity index (χ0n) is 17.2. The fourth-order valence-electron chi connectivity index (χ4n) is 5.07. The van der Waals surface area contributed by atoms with Gasteiger partial charge in [0.15, 0.2) is 0 Å². The lowest BCUT2D eigenvalue weighted by molar-refractivity contribution is 0.129. The normalized spacial score (nSPS) is 24.9. The maximum atomic E-state index is 3.79. The van der Waals surface area contributed by atoms with Gasteiger partial charge in [-0.05, 0) is 64.7 Å². The van der Waals surface area contributed by atoms with Crippen LogP contribution in [-0.4, -0.2) is 74.2 Å². The minimum Gasteiger partial charge on any atom is -0.314 e. The largest absolute Gasteiger partial charge is 0.314 e. The Balaban J connectivity index is 1.14. The first-order valence-corrected chi connectivity index (χ1v) is 11.8. The summed E-state index contributed by atoms with van der Waals surface area (Å²) in [5.74, 6) is 0. The van der Waals surface area contributed by atoms with Crippen LogP contribution in [0.2, 0.25) is 0 Å². The lowest BCUT2D eigenvalue weighted by Gasteiger charge is -2.35. The van der Waals surface area contributed by atoms with Gasteiger partial charge in [0.25, 0.3) is 0 Å². The summed E-state index contributed by atoms with van der Waals surface area (Å²) < 4.78 is 0. The molecule has 4 heteroatoms. The quantitative estimate of drug-likeness (QED) is 0.583. The molecule has 152 valence electrons. The maximum Gasteiger partial charge on any atom is 0.0110 e. The molecule has 4 nitrogen and oxygen atoms in total. The van der Waals surface area contributed by atoms with Crippen LogP contribution >= 0.6 is 0 Å². The van der Waals surface area contributed by atoms with Crippen molar-refractivity contribution in [3.05, 3.63) is 0 Å². The second-order valence-electron chi connectivity index (χ2n) is 8.97. The fraction of sp³-hybridized carbons (Fsp3) is 1.00. The molecular formula is C22H44N4. The molecule has 26 heavy (non-hydrogen) atoms. The Kier molecular flexibility index (Phi) is 9.75. The lowest BCUT2D eigenvalue weighted by Crippen LogP contribution is -2.47. The molecule has 0 aromatic carbocycles. The molecule has 0 amide bonds. The molecule has 0 aromatic rings. The molecule has 2 saturated carbocycles. The predicted molar refractivity (Wildman–Crippen MR) is 112 cm³/mol.